The maximum atomic E-state index is 12.6. The molecule has 0 saturated heterocycles. The number of nitrogens with zero attached hydrogens (tertiary/aromatic N) is 1. The average molecular weight is 298 g/mol. The van der Waals surface area contributed by atoms with Crippen LogP contribution in [0.25, 0.3) is 0 Å². The van der Waals surface area contributed by atoms with Crippen LogP contribution in [0.4, 0.5) is 16.2 Å². The van der Waals surface area contributed by atoms with Gasteiger partial charge in [0.25, 0.3) is 0 Å². The number of benzene rings is 2. The third kappa shape index (κ3) is 4.33. The molecule has 0 unspecified atom stereocenters. The van der Waals surface area contributed by atoms with Crippen LogP contribution >= 0.6 is 0 Å². The fraction of sp³-hybridized carbons (Fsp3) is 0.278. The first kappa shape index (κ1) is 16.0. The summed E-state index contributed by atoms with van der Waals surface area (Å²) in [5.74, 6) is 0.238. The van der Waals surface area contributed by atoms with E-state index in [1.165, 1.54) is 0 Å². The molecule has 2 amide bonds. The lowest BCUT2D eigenvalue weighted by atomic mass is 10.1. The van der Waals surface area contributed by atoms with Crippen LogP contribution in [0.5, 0.6) is 0 Å². The fourth-order valence-electron chi connectivity index (χ4n) is 2.20. The number of amides is 2. The van der Waals surface area contributed by atoms with Crippen LogP contribution in [-0.2, 0) is 0 Å². The van der Waals surface area contributed by atoms with E-state index < -0.39 is 0 Å². The van der Waals surface area contributed by atoms with Crippen molar-refractivity contribution in [2.45, 2.75) is 13.3 Å². The second-order valence-electron chi connectivity index (χ2n) is 5.31. The van der Waals surface area contributed by atoms with Gasteiger partial charge in [-0.1, -0.05) is 43.3 Å². The summed E-state index contributed by atoms with van der Waals surface area (Å²) in [5, 5.41) is 11.9. The molecule has 0 saturated carbocycles. The molecule has 116 valence electrons. The minimum Gasteiger partial charge on any atom is -0.396 e. The average Bonchev–Trinajstić information content (AvgIpc) is 2.55. The lowest BCUT2D eigenvalue weighted by Crippen LogP contribution is -2.39. The van der Waals surface area contributed by atoms with Gasteiger partial charge in [-0.2, -0.15) is 0 Å². The molecule has 0 aliphatic rings. The highest BCUT2D eigenvalue weighted by molar-refractivity contribution is 5.99. The molecule has 2 aromatic carbocycles. The molecule has 22 heavy (non-hydrogen) atoms. The molecule has 4 nitrogen and oxygen atoms in total. The molecule has 0 aromatic heterocycles. The summed E-state index contributed by atoms with van der Waals surface area (Å²) in [4.78, 5) is 14.3. The van der Waals surface area contributed by atoms with Crippen molar-refractivity contribution in [3.63, 3.8) is 0 Å². The highest BCUT2D eigenvalue weighted by atomic mass is 16.3. The highest BCUT2D eigenvalue weighted by Crippen LogP contribution is 2.24. The lowest BCUT2D eigenvalue weighted by Gasteiger charge is -2.24. The minimum atomic E-state index is -0.165. The van der Waals surface area contributed by atoms with Crippen molar-refractivity contribution in [1.82, 2.24) is 5.32 Å². The molecule has 2 N–H and O–H groups in total. The largest absolute Gasteiger partial charge is 0.396 e. The molecule has 0 aliphatic heterocycles. The molecular weight excluding hydrogens is 276 g/mol. The normalized spacial score (nSPS) is 11.7. The van der Waals surface area contributed by atoms with Gasteiger partial charge in [0.2, 0.25) is 0 Å². The second kappa shape index (κ2) is 8.20. The van der Waals surface area contributed by atoms with Crippen molar-refractivity contribution in [3.05, 3.63) is 60.7 Å². The zero-order chi connectivity index (χ0) is 15.8. The lowest BCUT2D eigenvalue weighted by molar-refractivity contribution is 0.240. The number of rotatable bonds is 6. The van der Waals surface area contributed by atoms with E-state index in [0.717, 1.165) is 11.4 Å². The van der Waals surface area contributed by atoms with E-state index in [-0.39, 0.29) is 18.6 Å². The predicted octanol–water partition coefficient (Wildman–Crippen LogP) is 3.55. The topological polar surface area (TPSA) is 52.6 Å². The Kier molecular flexibility index (Phi) is 5.98. The third-order valence-corrected chi connectivity index (χ3v) is 3.46. The molecule has 0 aliphatic carbocycles. The number of hydrogen-bond donors (Lipinski definition) is 2. The first-order chi connectivity index (χ1) is 10.7. The summed E-state index contributed by atoms with van der Waals surface area (Å²) in [6.07, 6.45) is 0.678. The first-order valence-electron chi connectivity index (χ1n) is 7.51. The summed E-state index contributed by atoms with van der Waals surface area (Å²) in [5.41, 5.74) is 1.64. The Bertz CT molecular complexity index is 533. The van der Waals surface area contributed by atoms with Crippen molar-refractivity contribution in [2.24, 2.45) is 5.92 Å². The van der Waals surface area contributed by atoms with Crippen molar-refractivity contribution in [3.8, 4) is 0 Å². The van der Waals surface area contributed by atoms with Crippen LogP contribution in [0.1, 0.15) is 13.3 Å². The highest BCUT2D eigenvalue weighted by Gasteiger charge is 2.17. The van der Waals surface area contributed by atoms with Crippen LogP contribution in [0.15, 0.2) is 60.7 Å². The quantitative estimate of drug-likeness (QED) is 0.857. The van der Waals surface area contributed by atoms with Gasteiger partial charge in [0.15, 0.2) is 0 Å². The first-order valence-corrected chi connectivity index (χ1v) is 7.51. The van der Waals surface area contributed by atoms with Gasteiger partial charge in [0.1, 0.15) is 0 Å². The van der Waals surface area contributed by atoms with Crippen LogP contribution in [-0.4, -0.2) is 24.3 Å². The monoisotopic (exact) mass is 298 g/mol. The summed E-state index contributed by atoms with van der Waals surface area (Å²) >= 11 is 0. The standard InChI is InChI=1S/C18H22N2O2/c1-15(12-13-21)14-19-18(22)20(16-8-4-2-5-9-16)17-10-6-3-7-11-17/h2-11,15,21H,12-14H2,1H3,(H,19,22)/t15-/m0/s1. The van der Waals surface area contributed by atoms with Crippen molar-refractivity contribution in [2.75, 3.05) is 18.1 Å². The summed E-state index contributed by atoms with van der Waals surface area (Å²) < 4.78 is 0. The fourth-order valence-corrected chi connectivity index (χ4v) is 2.20. The molecule has 0 radical (unpaired) electrons. The Morgan fingerprint density at radius 1 is 1.05 bits per heavy atom. The van der Waals surface area contributed by atoms with E-state index in [4.69, 9.17) is 5.11 Å². The molecule has 0 spiro atoms. The van der Waals surface area contributed by atoms with Gasteiger partial charge in [0, 0.05) is 13.2 Å². The van der Waals surface area contributed by atoms with E-state index in [2.05, 4.69) is 5.32 Å². The number of aliphatic hydroxyl groups is 1. The van der Waals surface area contributed by atoms with Crippen molar-refractivity contribution in [1.29, 1.82) is 0 Å². The maximum absolute atomic E-state index is 12.6. The molecule has 4 heteroatoms. The van der Waals surface area contributed by atoms with Gasteiger partial charge in [-0.25, -0.2) is 4.79 Å². The molecule has 1 atom stereocenters. The van der Waals surface area contributed by atoms with Gasteiger partial charge in [-0.15, -0.1) is 0 Å². The van der Waals surface area contributed by atoms with Gasteiger partial charge in [-0.3, -0.25) is 4.90 Å². The summed E-state index contributed by atoms with van der Waals surface area (Å²) in [7, 11) is 0. The zero-order valence-corrected chi connectivity index (χ0v) is 12.8. The van der Waals surface area contributed by atoms with Gasteiger partial charge < -0.3 is 10.4 Å². The number of carbonyl (C=O) groups excluding carboxylic acids is 1. The number of hydrogen-bond acceptors (Lipinski definition) is 2. The Morgan fingerprint density at radius 3 is 2.00 bits per heavy atom. The number of nitrogens with one attached hydrogen (secondary N) is 1. The number of para-hydroxylation sites is 2. The van der Waals surface area contributed by atoms with E-state index in [1.807, 2.05) is 67.6 Å². The van der Waals surface area contributed by atoms with Gasteiger partial charge in [0.05, 0.1) is 11.4 Å². The van der Waals surface area contributed by atoms with Crippen LogP contribution in [0, 0.1) is 5.92 Å². The summed E-state index contributed by atoms with van der Waals surface area (Å²) in [6, 6.07) is 18.9. The molecule has 0 heterocycles. The zero-order valence-electron chi connectivity index (χ0n) is 12.8. The number of aliphatic hydroxyl groups excluding tert-OH is 1. The Balaban J connectivity index is 2.17. The smallest absolute Gasteiger partial charge is 0.326 e. The SMILES string of the molecule is C[C@@H](CCO)CNC(=O)N(c1ccccc1)c1ccccc1. The second-order valence-corrected chi connectivity index (χ2v) is 5.31. The number of urea groups is 1. The molecule has 0 fully saturated rings. The van der Waals surface area contributed by atoms with Crippen LogP contribution < -0.4 is 10.2 Å². The number of carbonyl (C=O) groups is 1. The van der Waals surface area contributed by atoms with Crippen molar-refractivity contribution < 1.29 is 9.90 Å². The van der Waals surface area contributed by atoms with E-state index in [9.17, 15) is 4.79 Å². The van der Waals surface area contributed by atoms with Gasteiger partial charge in [-0.05, 0) is 36.6 Å². The Morgan fingerprint density at radius 2 is 1.55 bits per heavy atom. The predicted molar refractivity (Wildman–Crippen MR) is 89.3 cm³/mol. The molecule has 2 rings (SSSR count). The van der Waals surface area contributed by atoms with E-state index in [1.54, 1.807) is 4.90 Å². The van der Waals surface area contributed by atoms with Crippen molar-refractivity contribution >= 4 is 17.4 Å². The van der Waals surface area contributed by atoms with Crippen LogP contribution in [0.2, 0.25) is 0 Å². The Hall–Kier alpha value is -2.33. The third-order valence-electron chi connectivity index (χ3n) is 3.46. The molecular formula is C18H22N2O2. The van der Waals surface area contributed by atoms with E-state index in [0.29, 0.717) is 13.0 Å². The van der Waals surface area contributed by atoms with E-state index >= 15 is 0 Å². The van der Waals surface area contributed by atoms with Gasteiger partial charge >= 0.3 is 6.03 Å². The van der Waals surface area contributed by atoms with Crippen LogP contribution in [0.3, 0.4) is 0 Å². The summed E-state index contributed by atoms with van der Waals surface area (Å²) in [6.45, 7) is 2.68. The molecule has 0 bridgehead atoms. The Labute approximate surface area is 131 Å². The molecule has 2 aromatic rings. The number of anilines is 2. The minimum absolute atomic E-state index is 0.137. The maximum Gasteiger partial charge on any atom is 0.326 e.